The van der Waals surface area contributed by atoms with E-state index in [1.807, 2.05) is 48.5 Å². The highest BCUT2D eigenvalue weighted by molar-refractivity contribution is 5.89. The minimum absolute atomic E-state index is 0.193. The van der Waals surface area contributed by atoms with E-state index in [1.165, 1.54) is 0 Å². The maximum Gasteiger partial charge on any atom is 0.337 e. The van der Waals surface area contributed by atoms with E-state index in [-0.39, 0.29) is 12.2 Å². The fourth-order valence-corrected chi connectivity index (χ4v) is 2.01. The SMILES string of the molecule is C/C=C(/C(=O)OCc1ccccc1)[C@@H](O)c1ccccc1. The van der Waals surface area contributed by atoms with Crippen molar-refractivity contribution in [1.82, 2.24) is 0 Å². The van der Waals surface area contributed by atoms with Gasteiger partial charge in [-0.25, -0.2) is 4.79 Å². The van der Waals surface area contributed by atoms with Crippen molar-refractivity contribution in [3.05, 3.63) is 83.4 Å². The molecule has 0 radical (unpaired) electrons. The molecule has 0 aromatic heterocycles. The van der Waals surface area contributed by atoms with Crippen LogP contribution in [0.1, 0.15) is 24.2 Å². The number of carbonyl (C=O) groups excluding carboxylic acids is 1. The van der Waals surface area contributed by atoms with Crippen LogP contribution in [0.15, 0.2) is 72.3 Å². The number of allylic oxidation sites excluding steroid dienone is 1. The summed E-state index contributed by atoms with van der Waals surface area (Å²) in [6, 6.07) is 18.5. The van der Waals surface area contributed by atoms with Gasteiger partial charge in [0, 0.05) is 0 Å². The third-order valence-corrected chi connectivity index (χ3v) is 3.17. The molecule has 0 bridgehead atoms. The maximum atomic E-state index is 12.1. The highest BCUT2D eigenvalue weighted by Gasteiger charge is 2.20. The molecule has 108 valence electrons. The third kappa shape index (κ3) is 4.04. The van der Waals surface area contributed by atoms with Crippen LogP contribution in [0.25, 0.3) is 0 Å². The lowest BCUT2D eigenvalue weighted by Crippen LogP contribution is -2.14. The van der Waals surface area contributed by atoms with Gasteiger partial charge in [0.2, 0.25) is 0 Å². The second-order valence-corrected chi connectivity index (χ2v) is 4.62. The van der Waals surface area contributed by atoms with Crippen molar-refractivity contribution < 1.29 is 14.6 Å². The Balaban J connectivity index is 2.02. The van der Waals surface area contributed by atoms with Crippen LogP contribution in [-0.2, 0) is 16.1 Å². The summed E-state index contributed by atoms with van der Waals surface area (Å²) in [7, 11) is 0. The largest absolute Gasteiger partial charge is 0.457 e. The molecule has 2 rings (SSSR count). The quantitative estimate of drug-likeness (QED) is 0.675. The first-order chi connectivity index (χ1) is 10.2. The van der Waals surface area contributed by atoms with Crippen LogP contribution in [0, 0.1) is 0 Å². The standard InChI is InChI=1S/C18H18O3/c1-2-16(17(19)15-11-7-4-8-12-15)18(20)21-13-14-9-5-3-6-10-14/h2-12,17,19H,13H2,1H3/b16-2+/t17-/m0/s1. The summed E-state index contributed by atoms with van der Waals surface area (Å²) in [6.45, 7) is 1.91. The van der Waals surface area contributed by atoms with Gasteiger partial charge < -0.3 is 9.84 Å². The minimum Gasteiger partial charge on any atom is -0.457 e. The number of hydrogen-bond donors (Lipinski definition) is 1. The predicted octanol–water partition coefficient (Wildman–Crippen LogP) is 3.41. The van der Waals surface area contributed by atoms with Gasteiger partial charge in [0.1, 0.15) is 12.7 Å². The molecule has 0 heterocycles. The van der Waals surface area contributed by atoms with Crippen molar-refractivity contribution in [2.75, 3.05) is 0 Å². The molecule has 2 aromatic rings. The molecule has 0 aliphatic carbocycles. The van der Waals surface area contributed by atoms with Gasteiger partial charge in [-0.3, -0.25) is 0 Å². The lowest BCUT2D eigenvalue weighted by molar-refractivity contribution is -0.141. The Kier molecular flexibility index (Phi) is 5.29. The third-order valence-electron chi connectivity index (χ3n) is 3.17. The lowest BCUT2D eigenvalue weighted by atomic mass is 10.0. The molecule has 0 unspecified atom stereocenters. The molecule has 0 saturated carbocycles. The summed E-state index contributed by atoms with van der Waals surface area (Å²) in [5.74, 6) is -0.502. The van der Waals surface area contributed by atoms with E-state index in [9.17, 15) is 9.90 Å². The van der Waals surface area contributed by atoms with Crippen LogP contribution in [-0.4, -0.2) is 11.1 Å². The van der Waals surface area contributed by atoms with Gasteiger partial charge in [-0.05, 0) is 18.1 Å². The highest BCUT2D eigenvalue weighted by atomic mass is 16.5. The van der Waals surface area contributed by atoms with Crippen molar-refractivity contribution in [3.63, 3.8) is 0 Å². The number of rotatable bonds is 5. The second-order valence-electron chi connectivity index (χ2n) is 4.62. The highest BCUT2D eigenvalue weighted by Crippen LogP contribution is 2.22. The Morgan fingerprint density at radius 1 is 1.10 bits per heavy atom. The van der Waals surface area contributed by atoms with Crippen molar-refractivity contribution in [2.24, 2.45) is 0 Å². The van der Waals surface area contributed by atoms with Gasteiger partial charge in [-0.15, -0.1) is 0 Å². The zero-order chi connectivity index (χ0) is 15.1. The molecule has 1 atom stereocenters. The molecular formula is C18H18O3. The number of carbonyl (C=O) groups is 1. The minimum atomic E-state index is -0.973. The zero-order valence-electron chi connectivity index (χ0n) is 11.9. The fraction of sp³-hybridized carbons (Fsp3) is 0.167. The van der Waals surface area contributed by atoms with Gasteiger partial charge >= 0.3 is 5.97 Å². The van der Waals surface area contributed by atoms with Crippen LogP contribution in [0.3, 0.4) is 0 Å². The number of aliphatic hydroxyl groups excluding tert-OH is 1. The van der Waals surface area contributed by atoms with Crippen LogP contribution >= 0.6 is 0 Å². The van der Waals surface area contributed by atoms with Crippen molar-refractivity contribution in [2.45, 2.75) is 19.6 Å². The molecule has 0 saturated heterocycles. The fourth-order valence-electron chi connectivity index (χ4n) is 2.01. The van der Waals surface area contributed by atoms with E-state index in [0.717, 1.165) is 5.56 Å². The summed E-state index contributed by atoms with van der Waals surface area (Å²) in [5.41, 5.74) is 1.83. The van der Waals surface area contributed by atoms with E-state index in [4.69, 9.17) is 4.74 Å². The number of esters is 1. The van der Waals surface area contributed by atoms with Crippen LogP contribution in [0.2, 0.25) is 0 Å². The topological polar surface area (TPSA) is 46.5 Å². The normalized spacial score (nSPS) is 12.8. The van der Waals surface area contributed by atoms with Crippen molar-refractivity contribution >= 4 is 5.97 Å². The Morgan fingerprint density at radius 2 is 1.67 bits per heavy atom. The zero-order valence-corrected chi connectivity index (χ0v) is 11.9. The predicted molar refractivity (Wildman–Crippen MR) is 81.4 cm³/mol. The maximum absolute atomic E-state index is 12.1. The summed E-state index contributed by atoms with van der Waals surface area (Å²) >= 11 is 0. The summed E-state index contributed by atoms with van der Waals surface area (Å²) in [4.78, 5) is 12.1. The first kappa shape index (κ1) is 15.0. The van der Waals surface area contributed by atoms with Crippen molar-refractivity contribution in [1.29, 1.82) is 0 Å². The van der Waals surface area contributed by atoms with Crippen LogP contribution in [0.5, 0.6) is 0 Å². The molecule has 0 amide bonds. The average Bonchev–Trinajstić information content (AvgIpc) is 2.55. The monoisotopic (exact) mass is 282 g/mol. The van der Waals surface area contributed by atoms with Gasteiger partial charge in [0.25, 0.3) is 0 Å². The van der Waals surface area contributed by atoms with Crippen LogP contribution in [0.4, 0.5) is 0 Å². The molecule has 0 spiro atoms. The average molecular weight is 282 g/mol. The molecule has 0 fully saturated rings. The van der Waals surface area contributed by atoms with Gasteiger partial charge in [-0.2, -0.15) is 0 Å². The lowest BCUT2D eigenvalue weighted by Gasteiger charge is -2.14. The first-order valence-corrected chi connectivity index (χ1v) is 6.82. The van der Waals surface area contributed by atoms with Gasteiger partial charge in [0.15, 0.2) is 0 Å². The van der Waals surface area contributed by atoms with Gasteiger partial charge in [-0.1, -0.05) is 66.7 Å². The van der Waals surface area contributed by atoms with Gasteiger partial charge in [0.05, 0.1) is 5.57 Å². The number of aliphatic hydroxyl groups is 1. The molecule has 21 heavy (non-hydrogen) atoms. The smallest absolute Gasteiger partial charge is 0.337 e. The molecular weight excluding hydrogens is 264 g/mol. The number of ether oxygens (including phenoxy) is 1. The van der Waals surface area contributed by atoms with E-state index in [1.54, 1.807) is 25.1 Å². The summed E-state index contributed by atoms with van der Waals surface area (Å²) in [6.07, 6.45) is 0.616. The van der Waals surface area contributed by atoms with E-state index < -0.39 is 12.1 Å². The Labute approximate surface area is 124 Å². The Hall–Kier alpha value is -2.39. The second kappa shape index (κ2) is 7.41. The molecule has 0 aliphatic rings. The summed E-state index contributed by atoms with van der Waals surface area (Å²) < 4.78 is 5.26. The van der Waals surface area contributed by atoms with E-state index in [2.05, 4.69) is 0 Å². The Bertz CT molecular complexity index is 603. The number of benzene rings is 2. The van der Waals surface area contributed by atoms with Crippen LogP contribution < -0.4 is 0 Å². The molecule has 0 aliphatic heterocycles. The Morgan fingerprint density at radius 3 is 2.24 bits per heavy atom. The van der Waals surface area contributed by atoms with E-state index >= 15 is 0 Å². The van der Waals surface area contributed by atoms with E-state index in [0.29, 0.717) is 5.56 Å². The molecule has 2 aromatic carbocycles. The summed E-state index contributed by atoms with van der Waals surface area (Å²) in [5, 5.41) is 10.3. The van der Waals surface area contributed by atoms with Crippen molar-refractivity contribution in [3.8, 4) is 0 Å². The first-order valence-electron chi connectivity index (χ1n) is 6.82. The molecule has 1 N–H and O–H groups in total. The molecule has 3 heteroatoms. The molecule has 3 nitrogen and oxygen atoms in total. The number of hydrogen-bond acceptors (Lipinski definition) is 3.